The molecule has 0 aliphatic heterocycles. The van der Waals surface area contributed by atoms with Crippen LogP contribution in [0.3, 0.4) is 0 Å². The summed E-state index contributed by atoms with van der Waals surface area (Å²) in [5.74, 6) is 0.0149. The minimum Gasteiger partial charge on any atom is -0.504 e. The predicted octanol–water partition coefficient (Wildman–Crippen LogP) is 2.39. The smallest absolute Gasteiger partial charge is 0.244 e. The first kappa shape index (κ1) is 17.0. The number of hydrogen-bond acceptors (Lipinski definition) is 4. The summed E-state index contributed by atoms with van der Waals surface area (Å²) in [6, 6.07) is 4.63. The number of phenolic OH excluding ortho intramolecular Hbond substituents is 1. The molecule has 0 saturated heterocycles. The molecule has 0 aliphatic carbocycles. The summed E-state index contributed by atoms with van der Waals surface area (Å²) in [5, 5.41) is 20.9. The molecule has 1 amide bonds. The van der Waals surface area contributed by atoms with Crippen LogP contribution in [0.15, 0.2) is 42.5 Å². The Morgan fingerprint density at radius 2 is 2.19 bits per heavy atom. The van der Waals surface area contributed by atoms with Crippen LogP contribution >= 0.6 is 15.9 Å². The molecule has 1 aromatic rings. The molecule has 1 rings (SSSR count). The number of methoxy groups -OCH3 is 1. The zero-order valence-electron chi connectivity index (χ0n) is 11.6. The van der Waals surface area contributed by atoms with Gasteiger partial charge in [0.05, 0.1) is 12.8 Å². The van der Waals surface area contributed by atoms with Crippen LogP contribution in [0, 0.1) is 5.41 Å². The van der Waals surface area contributed by atoms with Crippen LogP contribution in [0.1, 0.15) is 5.56 Å². The van der Waals surface area contributed by atoms with Gasteiger partial charge in [-0.05, 0) is 24.3 Å². The first-order valence-electron chi connectivity index (χ1n) is 6.21. The number of aromatic hydroxyl groups is 1. The van der Waals surface area contributed by atoms with Gasteiger partial charge in [0.25, 0.3) is 0 Å². The lowest BCUT2D eigenvalue weighted by Gasteiger charge is -2.05. The van der Waals surface area contributed by atoms with Gasteiger partial charge in [0, 0.05) is 23.5 Å². The molecule has 21 heavy (non-hydrogen) atoms. The predicted molar refractivity (Wildman–Crippen MR) is 86.6 cm³/mol. The molecule has 6 heteroatoms. The molecule has 0 radical (unpaired) electrons. The maximum absolute atomic E-state index is 11.5. The van der Waals surface area contributed by atoms with Crippen molar-refractivity contribution in [2.75, 3.05) is 19.0 Å². The van der Waals surface area contributed by atoms with Crippen LogP contribution in [0.2, 0.25) is 0 Å². The number of hydrogen-bond donors (Lipinski definition) is 3. The summed E-state index contributed by atoms with van der Waals surface area (Å²) in [4.78, 5) is 11.5. The first-order chi connectivity index (χ1) is 10.1. The molecule has 0 spiro atoms. The van der Waals surface area contributed by atoms with E-state index < -0.39 is 0 Å². The Morgan fingerprint density at radius 3 is 2.81 bits per heavy atom. The standard InChI is InChI=1S/C15H17BrN2O3/c1-21-14-6-4-11(10-13(14)19)12(17)5-7-15(20)18-9-3-2-8-16/h2-7,10,17,19H,8-9H2,1H3,(H,18,20)/b3-2+,7-5-,17-12?. The van der Waals surface area contributed by atoms with Crippen molar-refractivity contribution in [2.24, 2.45) is 0 Å². The van der Waals surface area contributed by atoms with E-state index in [9.17, 15) is 9.90 Å². The summed E-state index contributed by atoms with van der Waals surface area (Å²) in [6.45, 7) is 0.436. The molecule has 5 nitrogen and oxygen atoms in total. The SMILES string of the molecule is COc1ccc(C(=N)/C=C\C(=O)NC/C=C/CBr)cc1O. The summed E-state index contributed by atoms with van der Waals surface area (Å²) >= 11 is 3.24. The molecule has 0 saturated carbocycles. The number of amides is 1. The van der Waals surface area contributed by atoms with Gasteiger partial charge in [0.15, 0.2) is 11.5 Å². The van der Waals surface area contributed by atoms with Crippen LogP contribution < -0.4 is 10.1 Å². The van der Waals surface area contributed by atoms with E-state index in [0.29, 0.717) is 17.9 Å². The average Bonchev–Trinajstić information content (AvgIpc) is 2.49. The summed E-state index contributed by atoms with van der Waals surface area (Å²) in [5.41, 5.74) is 0.621. The molecule has 0 bridgehead atoms. The van der Waals surface area contributed by atoms with Crippen LogP contribution in [0.5, 0.6) is 11.5 Å². The lowest BCUT2D eigenvalue weighted by molar-refractivity contribution is -0.116. The lowest BCUT2D eigenvalue weighted by atomic mass is 10.1. The van der Waals surface area contributed by atoms with Gasteiger partial charge in [-0.1, -0.05) is 28.1 Å². The molecule has 0 atom stereocenters. The summed E-state index contributed by atoms with van der Waals surface area (Å²) < 4.78 is 4.93. The molecule has 0 heterocycles. The van der Waals surface area contributed by atoms with Gasteiger partial charge in [-0.2, -0.15) is 0 Å². The van der Waals surface area contributed by atoms with E-state index in [4.69, 9.17) is 10.1 Å². The van der Waals surface area contributed by atoms with Crippen LogP contribution in [0.25, 0.3) is 0 Å². The Morgan fingerprint density at radius 1 is 1.43 bits per heavy atom. The van der Waals surface area contributed by atoms with Crippen molar-refractivity contribution in [3.63, 3.8) is 0 Å². The normalized spacial score (nSPS) is 11.0. The highest BCUT2D eigenvalue weighted by Gasteiger charge is 2.05. The molecular weight excluding hydrogens is 336 g/mol. The topological polar surface area (TPSA) is 82.4 Å². The molecule has 0 aliphatic rings. The average molecular weight is 353 g/mol. The van der Waals surface area contributed by atoms with E-state index in [-0.39, 0.29) is 17.4 Å². The van der Waals surface area contributed by atoms with Crippen molar-refractivity contribution >= 4 is 27.5 Å². The summed E-state index contributed by atoms with van der Waals surface area (Å²) in [7, 11) is 1.45. The van der Waals surface area contributed by atoms with Crippen LogP contribution in [-0.4, -0.2) is 35.7 Å². The van der Waals surface area contributed by atoms with E-state index in [1.807, 2.05) is 12.2 Å². The van der Waals surface area contributed by atoms with Crippen molar-refractivity contribution in [1.29, 1.82) is 5.41 Å². The van der Waals surface area contributed by atoms with Crippen molar-refractivity contribution in [3.05, 3.63) is 48.1 Å². The Hall–Kier alpha value is -2.08. The third-order valence-corrected chi connectivity index (χ3v) is 2.91. The number of phenols is 1. The Labute approximate surface area is 132 Å². The van der Waals surface area contributed by atoms with Crippen LogP contribution in [0.4, 0.5) is 0 Å². The van der Waals surface area contributed by atoms with Gasteiger partial charge in [0.1, 0.15) is 0 Å². The number of rotatable bonds is 7. The molecular formula is C15H17BrN2O3. The second-order valence-electron chi connectivity index (χ2n) is 4.00. The highest BCUT2D eigenvalue weighted by Crippen LogP contribution is 2.26. The van der Waals surface area contributed by atoms with E-state index in [2.05, 4.69) is 21.2 Å². The summed E-state index contributed by atoms with van der Waals surface area (Å²) in [6.07, 6.45) is 6.37. The number of alkyl halides is 1. The molecule has 3 N–H and O–H groups in total. The Kier molecular flexibility index (Phi) is 7.25. The minimum atomic E-state index is -0.281. The number of carbonyl (C=O) groups is 1. The molecule has 0 unspecified atom stereocenters. The van der Waals surface area contributed by atoms with Gasteiger partial charge in [0.2, 0.25) is 5.91 Å². The minimum absolute atomic E-state index is 0.0440. The zero-order chi connectivity index (χ0) is 15.7. The van der Waals surface area contributed by atoms with Gasteiger partial charge < -0.3 is 20.6 Å². The lowest BCUT2D eigenvalue weighted by Crippen LogP contribution is -2.21. The zero-order valence-corrected chi connectivity index (χ0v) is 13.2. The second-order valence-corrected chi connectivity index (χ2v) is 4.65. The van der Waals surface area contributed by atoms with Crippen molar-refractivity contribution in [2.45, 2.75) is 0 Å². The fraction of sp³-hybridized carbons (Fsp3) is 0.200. The molecule has 0 fully saturated rings. The number of allylic oxidation sites excluding steroid dienone is 2. The largest absolute Gasteiger partial charge is 0.504 e. The third kappa shape index (κ3) is 5.83. The van der Waals surface area contributed by atoms with E-state index in [1.54, 1.807) is 12.1 Å². The second kappa shape index (κ2) is 8.97. The number of halogens is 1. The number of carbonyl (C=O) groups excluding carboxylic acids is 1. The maximum atomic E-state index is 11.5. The monoisotopic (exact) mass is 352 g/mol. The molecule has 112 valence electrons. The maximum Gasteiger partial charge on any atom is 0.244 e. The highest BCUT2D eigenvalue weighted by molar-refractivity contribution is 9.09. The number of nitrogens with one attached hydrogen (secondary N) is 2. The molecule has 0 aromatic heterocycles. The van der Waals surface area contributed by atoms with E-state index >= 15 is 0 Å². The van der Waals surface area contributed by atoms with Gasteiger partial charge in [-0.15, -0.1) is 0 Å². The molecule has 1 aromatic carbocycles. The van der Waals surface area contributed by atoms with Gasteiger partial charge in [-0.3, -0.25) is 4.79 Å². The Bertz CT molecular complexity index is 568. The van der Waals surface area contributed by atoms with Crippen molar-refractivity contribution in [3.8, 4) is 11.5 Å². The fourth-order valence-corrected chi connectivity index (χ4v) is 1.74. The van der Waals surface area contributed by atoms with Crippen LogP contribution in [-0.2, 0) is 4.79 Å². The first-order valence-corrected chi connectivity index (χ1v) is 7.33. The van der Waals surface area contributed by atoms with E-state index in [0.717, 1.165) is 5.33 Å². The highest BCUT2D eigenvalue weighted by atomic mass is 79.9. The van der Waals surface area contributed by atoms with Gasteiger partial charge in [-0.25, -0.2) is 0 Å². The van der Waals surface area contributed by atoms with Crippen molar-refractivity contribution in [1.82, 2.24) is 5.32 Å². The quantitative estimate of drug-likeness (QED) is 0.305. The van der Waals surface area contributed by atoms with Crippen molar-refractivity contribution < 1.29 is 14.6 Å². The number of ether oxygens (including phenoxy) is 1. The fourth-order valence-electron chi connectivity index (χ4n) is 1.48. The van der Waals surface area contributed by atoms with E-state index in [1.165, 1.54) is 25.3 Å². The van der Waals surface area contributed by atoms with Gasteiger partial charge >= 0.3 is 0 Å². The Balaban J connectivity index is 2.59. The third-order valence-electron chi connectivity index (χ3n) is 2.54. The number of benzene rings is 1.